The summed E-state index contributed by atoms with van der Waals surface area (Å²) in [6, 6.07) is 10.1. The van der Waals surface area contributed by atoms with Gasteiger partial charge in [-0.1, -0.05) is 51.8 Å². The molecule has 1 fully saturated rings. The van der Waals surface area contributed by atoms with Crippen LogP contribution < -0.4 is 19.9 Å². The molecule has 9 heteroatoms. The van der Waals surface area contributed by atoms with Gasteiger partial charge in [0.2, 0.25) is 18.2 Å². The second-order valence-electron chi connectivity index (χ2n) is 9.20. The van der Waals surface area contributed by atoms with Gasteiger partial charge in [-0.15, -0.1) is 0 Å². The lowest BCUT2D eigenvalue weighted by Gasteiger charge is -2.22. The van der Waals surface area contributed by atoms with Gasteiger partial charge in [0.15, 0.2) is 0 Å². The number of carbonyl (C=O) groups is 1. The van der Waals surface area contributed by atoms with Crippen LogP contribution in [-0.2, 0) is 9.53 Å². The number of amides is 1. The van der Waals surface area contributed by atoms with E-state index in [-0.39, 0.29) is 0 Å². The Morgan fingerprint density at radius 2 is 1.58 bits per heavy atom. The number of aromatic nitrogens is 2. The van der Waals surface area contributed by atoms with Crippen molar-refractivity contribution in [3.63, 3.8) is 0 Å². The maximum Gasteiger partial charge on any atom is 0.230 e. The number of likely N-dealkylation sites (N-methyl/N-ethyl adjacent to an activating group) is 1. The van der Waals surface area contributed by atoms with E-state index < -0.39 is 0 Å². The average Bonchev–Trinajstić information content (AvgIpc) is 2.90. The number of methoxy groups -OCH3 is 1. The number of anilines is 3. The fraction of sp³-hybridized carbons (Fsp3) is 0.621. The Balaban J connectivity index is 0.000000570. The minimum atomic E-state index is 0.446. The zero-order valence-electron chi connectivity index (χ0n) is 25.3. The van der Waals surface area contributed by atoms with Crippen molar-refractivity contribution in [1.29, 1.82) is 0 Å². The van der Waals surface area contributed by atoms with Crippen molar-refractivity contribution in [1.82, 2.24) is 14.9 Å². The van der Waals surface area contributed by atoms with Gasteiger partial charge in [-0.05, 0) is 38.9 Å². The van der Waals surface area contributed by atoms with Gasteiger partial charge in [0.1, 0.15) is 5.82 Å². The highest BCUT2D eigenvalue weighted by molar-refractivity contribution is 5.69. The van der Waals surface area contributed by atoms with Crippen LogP contribution in [-0.4, -0.2) is 88.9 Å². The maximum atomic E-state index is 10.5. The van der Waals surface area contributed by atoms with Crippen LogP contribution in [0.25, 0.3) is 0 Å². The monoisotopic (exact) mass is 532 g/mol. The summed E-state index contributed by atoms with van der Waals surface area (Å²) in [5.41, 5.74) is 2.57. The molecule has 1 amide bonds. The molecule has 0 spiro atoms. The first kappa shape index (κ1) is 35.1. The molecule has 1 aromatic heterocycles. The van der Waals surface area contributed by atoms with Crippen LogP contribution >= 0.6 is 0 Å². The molecule has 1 saturated heterocycles. The van der Waals surface area contributed by atoms with Gasteiger partial charge in [0.05, 0.1) is 20.3 Å². The molecular formula is C29H52N6O3. The third-order valence-corrected chi connectivity index (χ3v) is 5.16. The van der Waals surface area contributed by atoms with Crippen molar-refractivity contribution in [2.45, 2.75) is 53.9 Å². The molecule has 216 valence electrons. The van der Waals surface area contributed by atoms with E-state index in [1.807, 2.05) is 14.1 Å². The molecule has 0 atom stereocenters. The Bertz CT molecular complexity index is 837. The van der Waals surface area contributed by atoms with E-state index in [0.29, 0.717) is 24.1 Å². The predicted molar refractivity (Wildman–Crippen MR) is 161 cm³/mol. The molecule has 1 aromatic carbocycles. The number of ether oxygens (including phenoxy) is 2. The highest BCUT2D eigenvalue weighted by atomic mass is 16.5. The minimum absolute atomic E-state index is 0.446. The number of nitrogens with zero attached hydrogens (tertiary/aromatic N) is 5. The van der Waals surface area contributed by atoms with Gasteiger partial charge in [-0.2, -0.15) is 9.97 Å². The lowest BCUT2D eigenvalue weighted by molar-refractivity contribution is -0.105. The Morgan fingerprint density at radius 3 is 1.97 bits per heavy atom. The van der Waals surface area contributed by atoms with Crippen molar-refractivity contribution < 1.29 is 14.3 Å². The zero-order chi connectivity index (χ0) is 28.8. The fourth-order valence-corrected chi connectivity index (χ4v) is 3.14. The molecule has 0 aliphatic carbocycles. The molecule has 2 heterocycles. The van der Waals surface area contributed by atoms with Gasteiger partial charge < -0.3 is 29.5 Å². The lowest BCUT2D eigenvalue weighted by atomic mass is 10.2. The Kier molecular flexibility index (Phi) is 20.4. The molecule has 0 bridgehead atoms. The van der Waals surface area contributed by atoms with Crippen LogP contribution in [0.4, 0.5) is 17.5 Å². The highest BCUT2D eigenvalue weighted by Gasteiger charge is 2.11. The van der Waals surface area contributed by atoms with E-state index >= 15 is 0 Å². The number of hydrogen-bond donors (Lipinski definition) is 1. The van der Waals surface area contributed by atoms with Gasteiger partial charge >= 0.3 is 0 Å². The largest absolute Gasteiger partial charge is 0.481 e. The first-order valence-corrected chi connectivity index (χ1v) is 13.6. The second kappa shape index (κ2) is 22.1. The van der Waals surface area contributed by atoms with E-state index in [0.717, 1.165) is 52.2 Å². The molecular weight excluding hydrogens is 480 g/mol. The summed E-state index contributed by atoms with van der Waals surface area (Å²) < 4.78 is 10.2. The maximum absolute atomic E-state index is 10.5. The summed E-state index contributed by atoms with van der Waals surface area (Å²) in [4.78, 5) is 25.5. The van der Waals surface area contributed by atoms with Crippen LogP contribution in [0.15, 0.2) is 30.3 Å². The molecule has 38 heavy (non-hydrogen) atoms. The molecule has 3 rings (SSSR count). The van der Waals surface area contributed by atoms with Crippen LogP contribution in [0.3, 0.4) is 0 Å². The zero-order valence-corrected chi connectivity index (χ0v) is 25.3. The summed E-state index contributed by atoms with van der Waals surface area (Å²) >= 11 is 0. The van der Waals surface area contributed by atoms with Crippen molar-refractivity contribution in [3.8, 4) is 5.88 Å². The van der Waals surface area contributed by atoms with Gasteiger partial charge in [0, 0.05) is 52.0 Å². The molecule has 0 unspecified atom stereocenters. The van der Waals surface area contributed by atoms with Crippen molar-refractivity contribution in [3.05, 3.63) is 35.9 Å². The third-order valence-electron chi connectivity index (χ3n) is 5.16. The van der Waals surface area contributed by atoms with E-state index in [1.165, 1.54) is 17.7 Å². The number of carbonyl (C=O) groups excluding carboxylic acids is 1. The predicted octanol–water partition coefficient (Wildman–Crippen LogP) is 5.11. The summed E-state index contributed by atoms with van der Waals surface area (Å²) in [6.45, 7) is 16.3. The number of rotatable bonds is 9. The Labute approximate surface area is 231 Å². The minimum Gasteiger partial charge on any atom is -0.481 e. The Morgan fingerprint density at radius 1 is 1.03 bits per heavy atom. The normalized spacial score (nSPS) is 12.3. The SMILES string of the molecule is CCC.CCCN(CCC)c1nc(NC=O)cc(OC)n1.CN1CCOCC1.Cc1ccc(N(C)C)cc1. The van der Waals surface area contributed by atoms with Crippen molar-refractivity contribution in [2.24, 2.45) is 0 Å². The first-order valence-electron chi connectivity index (χ1n) is 13.6. The van der Waals surface area contributed by atoms with Gasteiger partial charge in [-0.3, -0.25) is 4.79 Å². The van der Waals surface area contributed by atoms with Crippen LogP contribution in [0.5, 0.6) is 5.88 Å². The highest BCUT2D eigenvalue weighted by Crippen LogP contribution is 2.19. The van der Waals surface area contributed by atoms with Crippen LogP contribution in [0.2, 0.25) is 0 Å². The number of nitrogens with one attached hydrogen (secondary N) is 1. The van der Waals surface area contributed by atoms with Gasteiger partial charge in [0.25, 0.3) is 0 Å². The fourth-order valence-electron chi connectivity index (χ4n) is 3.14. The molecule has 9 nitrogen and oxygen atoms in total. The van der Waals surface area contributed by atoms with E-state index in [4.69, 9.17) is 9.47 Å². The molecule has 1 aliphatic rings. The van der Waals surface area contributed by atoms with Crippen LogP contribution in [0, 0.1) is 6.92 Å². The average molecular weight is 533 g/mol. The second-order valence-corrected chi connectivity index (χ2v) is 9.20. The van der Waals surface area contributed by atoms with Crippen LogP contribution in [0.1, 0.15) is 52.5 Å². The Hall–Kier alpha value is -2.91. The molecule has 1 N–H and O–H groups in total. The first-order chi connectivity index (χ1) is 18.3. The van der Waals surface area contributed by atoms with E-state index in [9.17, 15) is 4.79 Å². The van der Waals surface area contributed by atoms with Gasteiger partial charge in [-0.25, -0.2) is 0 Å². The topological polar surface area (TPSA) is 83.1 Å². The number of hydrogen-bond acceptors (Lipinski definition) is 8. The van der Waals surface area contributed by atoms with E-state index in [1.54, 1.807) is 13.2 Å². The van der Waals surface area contributed by atoms with E-state index in [2.05, 4.69) is 95.9 Å². The molecule has 0 radical (unpaired) electrons. The standard InChI is InChI=1S/C12H20N4O2.C9H13N.C5H11NO.C3H8/c1-4-6-16(7-5-2)12-14-10(13-9-17)8-11(15-12)18-3;1-8-4-6-9(7-5-8)10(2)3;1-6-2-4-7-5-3-6;1-3-2/h8-9H,4-7H2,1-3H3,(H,13,14,15,17);4-7H,1-3H3;2-5H2,1H3;3H2,1-2H3. The summed E-state index contributed by atoms with van der Waals surface area (Å²) in [7, 11) is 7.75. The summed E-state index contributed by atoms with van der Waals surface area (Å²) in [5.74, 6) is 1.48. The van der Waals surface area contributed by atoms with Crippen molar-refractivity contribution in [2.75, 3.05) is 82.8 Å². The quantitative estimate of drug-likeness (QED) is 0.447. The number of aryl methyl sites for hydroxylation is 1. The smallest absolute Gasteiger partial charge is 0.230 e. The lowest BCUT2D eigenvalue weighted by Crippen LogP contribution is -2.32. The third kappa shape index (κ3) is 16.0. The summed E-state index contributed by atoms with van der Waals surface area (Å²) in [5, 5.41) is 2.52. The summed E-state index contributed by atoms with van der Waals surface area (Å²) in [6.07, 6.45) is 3.86. The number of benzene rings is 1. The molecule has 1 aliphatic heterocycles. The van der Waals surface area contributed by atoms with Crippen molar-refractivity contribution >= 4 is 23.9 Å². The molecule has 0 saturated carbocycles. The molecule has 2 aromatic rings. The number of morpholine rings is 1.